The number of ether oxygens (including phenoxy) is 1. The van der Waals surface area contributed by atoms with Crippen LogP contribution in [-0.4, -0.2) is 50.9 Å². The molecule has 0 spiro atoms. The van der Waals surface area contributed by atoms with Crippen molar-refractivity contribution in [3.05, 3.63) is 90.2 Å². The predicted molar refractivity (Wildman–Crippen MR) is 148 cm³/mol. The number of sulfonamides is 1. The number of carbonyl (C=O) groups is 2. The van der Waals surface area contributed by atoms with Crippen molar-refractivity contribution < 1.29 is 27.1 Å². The molecule has 8 nitrogen and oxygen atoms in total. The Kier molecular flexibility index (Phi) is 10.4. The van der Waals surface area contributed by atoms with Gasteiger partial charge in [0.05, 0.1) is 17.2 Å². The number of hydrogen-bond donors (Lipinski definition) is 1. The van der Waals surface area contributed by atoms with Gasteiger partial charge in [-0.3, -0.25) is 13.9 Å². The third-order valence-electron chi connectivity index (χ3n) is 6.05. The highest BCUT2D eigenvalue weighted by atomic mass is 32.2. The first kappa shape index (κ1) is 29.6. The van der Waals surface area contributed by atoms with Crippen molar-refractivity contribution >= 4 is 27.5 Å². The topological polar surface area (TPSA) is 96.0 Å². The molecule has 0 radical (unpaired) electrons. The van der Waals surface area contributed by atoms with Gasteiger partial charge in [0.2, 0.25) is 11.8 Å². The number of hydrogen-bond acceptors (Lipinski definition) is 5. The van der Waals surface area contributed by atoms with E-state index in [0.29, 0.717) is 25.3 Å². The molecule has 0 saturated carbocycles. The summed E-state index contributed by atoms with van der Waals surface area (Å²) in [6, 6.07) is 19.1. The van der Waals surface area contributed by atoms with Gasteiger partial charge in [0, 0.05) is 13.1 Å². The number of amides is 2. The number of rotatable bonds is 13. The van der Waals surface area contributed by atoms with Crippen LogP contribution in [0.4, 0.5) is 10.1 Å². The summed E-state index contributed by atoms with van der Waals surface area (Å²) in [6.45, 7) is 5.71. The quantitative estimate of drug-likeness (QED) is 0.338. The standard InChI is InChI=1S/C29H34FN3O5S/c1-4-27(29(35)31-5-2)32(20-22-10-8-7-9-11-22)28(34)21-33(24-14-12-23(30)13-15-24)39(36,37)26-18-16-25(17-19-26)38-6-3/h7-19,27H,4-6,20-21H2,1-3H3,(H,31,35)/t27-/m0/s1. The lowest BCUT2D eigenvalue weighted by Crippen LogP contribution is -2.52. The minimum Gasteiger partial charge on any atom is -0.494 e. The number of anilines is 1. The molecule has 0 aliphatic carbocycles. The molecule has 3 rings (SSSR count). The molecule has 0 aromatic heterocycles. The van der Waals surface area contributed by atoms with E-state index in [1.165, 1.54) is 41.3 Å². The van der Waals surface area contributed by atoms with Gasteiger partial charge in [-0.2, -0.15) is 0 Å². The summed E-state index contributed by atoms with van der Waals surface area (Å²) in [4.78, 5) is 28.1. The maximum atomic E-state index is 13.9. The van der Waals surface area contributed by atoms with Crippen LogP contribution in [0.1, 0.15) is 32.8 Å². The maximum absolute atomic E-state index is 13.9. The van der Waals surface area contributed by atoms with Gasteiger partial charge in [-0.25, -0.2) is 12.8 Å². The minimum atomic E-state index is -4.26. The first-order valence-electron chi connectivity index (χ1n) is 12.8. The van der Waals surface area contributed by atoms with Gasteiger partial charge >= 0.3 is 0 Å². The zero-order chi connectivity index (χ0) is 28.4. The maximum Gasteiger partial charge on any atom is 0.264 e. The van der Waals surface area contributed by atoms with Gasteiger partial charge in [-0.05, 0) is 74.4 Å². The minimum absolute atomic E-state index is 0.0616. The molecule has 208 valence electrons. The van der Waals surface area contributed by atoms with Crippen molar-refractivity contribution in [1.29, 1.82) is 0 Å². The third-order valence-corrected chi connectivity index (χ3v) is 7.84. The molecular weight excluding hydrogens is 521 g/mol. The second-order valence-corrected chi connectivity index (χ2v) is 10.6. The Hall–Kier alpha value is -3.92. The molecule has 3 aromatic carbocycles. The number of nitrogens with zero attached hydrogens (tertiary/aromatic N) is 2. The van der Waals surface area contributed by atoms with Crippen LogP contribution in [0.5, 0.6) is 5.75 Å². The normalized spacial score (nSPS) is 11.9. The molecule has 2 amide bonds. The Balaban J connectivity index is 2.03. The Morgan fingerprint density at radius 1 is 0.923 bits per heavy atom. The van der Waals surface area contributed by atoms with Crippen LogP contribution in [0.2, 0.25) is 0 Å². The van der Waals surface area contributed by atoms with E-state index in [1.807, 2.05) is 37.3 Å². The Bertz CT molecular complexity index is 1330. The average molecular weight is 556 g/mol. The fraction of sp³-hybridized carbons (Fsp3) is 0.310. The molecule has 10 heteroatoms. The zero-order valence-electron chi connectivity index (χ0n) is 22.3. The number of benzene rings is 3. The second-order valence-electron chi connectivity index (χ2n) is 8.72. The average Bonchev–Trinajstić information content (AvgIpc) is 2.93. The lowest BCUT2D eigenvalue weighted by Gasteiger charge is -2.33. The van der Waals surface area contributed by atoms with Crippen LogP contribution in [0, 0.1) is 5.82 Å². The van der Waals surface area contributed by atoms with Gasteiger partial charge in [0.1, 0.15) is 24.2 Å². The first-order valence-corrected chi connectivity index (χ1v) is 14.3. The highest BCUT2D eigenvalue weighted by molar-refractivity contribution is 7.92. The van der Waals surface area contributed by atoms with Gasteiger partial charge in [-0.15, -0.1) is 0 Å². The molecule has 0 aliphatic heterocycles. The molecule has 0 heterocycles. The van der Waals surface area contributed by atoms with Crippen LogP contribution in [-0.2, 0) is 26.2 Å². The third kappa shape index (κ3) is 7.57. The molecule has 3 aromatic rings. The van der Waals surface area contributed by atoms with Crippen LogP contribution >= 0.6 is 0 Å². The molecule has 39 heavy (non-hydrogen) atoms. The highest BCUT2D eigenvalue weighted by Gasteiger charge is 2.33. The summed E-state index contributed by atoms with van der Waals surface area (Å²) < 4.78 is 47.7. The fourth-order valence-corrected chi connectivity index (χ4v) is 5.54. The molecule has 0 aliphatic rings. The van der Waals surface area contributed by atoms with Crippen LogP contribution in [0.25, 0.3) is 0 Å². The van der Waals surface area contributed by atoms with Gasteiger partial charge in [0.15, 0.2) is 0 Å². The lowest BCUT2D eigenvalue weighted by atomic mass is 10.1. The summed E-state index contributed by atoms with van der Waals surface area (Å²) in [5.74, 6) is -0.943. The molecule has 1 N–H and O–H groups in total. The van der Waals surface area contributed by atoms with E-state index in [1.54, 1.807) is 13.8 Å². The van der Waals surface area contributed by atoms with E-state index in [9.17, 15) is 22.4 Å². The van der Waals surface area contributed by atoms with Crippen LogP contribution < -0.4 is 14.4 Å². The van der Waals surface area contributed by atoms with E-state index in [2.05, 4.69) is 5.32 Å². The van der Waals surface area contributed by atoms with E-state index in [4.69, 9.17) is 4.74 Å². The van der Waals surface area contributed by atoms with Crippen LogP contribution in [0.3, 0.4) is 0 Å². The van der Waals surface area contributed by atoms with Gasteiger partial charge in [-0.1, -0.05) is 37.3 Å². The molecular formula is C29H34FN3O5S. The van der Waals surface area contributed by atoms with Crippen molar-refractivity contribution in [3.8, 4) is 5.75 Å². The van der Waals surface area contributed by atoms with Crippen molar-refractivity contribution in [2.75, 3.05) is 24.0 Å². The Morgan fingerprint density at radius 2 is 1.56 bits per heavy atom. The second kappa shape index (κ2) is 13.7. The highest BCUT2D eigenvalue weighted by Crippen LogP contribution is 2.26. The van der Waals surface area contributed by atoms with Crippen molar-refractivity contribution in [3.63, 3.8) is 0 Å². The fourth-order valence-electron chi connectivity index (χ4n) is 4.13. The molecule has 0 fully saturated rings. The van der Waals surface area contributed by atoms with Crippen molar-refractivity contribution in [2.24, 2.45) is 0 Å². The largest absolute Gasteiger partial charge is 0.494 e. The van der Waals surface area contributed by atoms with Gasteiger partial charge in [0.25, 0.3) is 10.0 Å². The summed E-state index contributed by atoms with van der Waals surface area (Å²) in [6.07, 6.45) is 0.326. The summed E-state index contributed by atoms with van der Waals surface area (Å²) in [5.41, 5.74) is 0.903. The monoisotopic (exact) mass is 555 g/mol. The molecule has 1 atom stereocenters. The van der Waals surface area contributed by atoms with E-state index >= 15 is 0 Å². The van der Waals surface area contributed by atoms with E-state index in [-0.39, 0.29) is 23.0 Å². The predicted octanol–water partition coefficient (Wildman–Crippen LogP) is 4.36. The van der Waals surface area contributed by atoms with Crippen LogP contribution in [0.15, 0.2) is 83.8 Å². The smallest absolute Gasteiger partial charge is 0.264 e. The van der Waals surface area contributed by atoms with Crippen molar-refractivity contribution in [1.82, 2.24) is 10.2 Å². The number of halogens is 1. The molecule has 0 bridgehead atoms. The number of nitrogens with one attached hydrogen (secondary N) is 1. The van der Waals surface area contributed by atoms with E-state index < -0.39 is 34.3 Å². The lowest BCUT2D eigenvalue weighted by molar-refractivity contribution is -0.140. The van der Waals surface area contributed by atoms with Gasteiger partial charge < -0.3 is 15.0 Å². The number of carbonyl (C=O) groups excluding carboxylic acids is 2. The summed E-state index contributed by atoms with van der Waals surface area (Å²) in [7, 11) is -4.26. The first-order chi connectivity index (χ1) is 18.7. The SMILES string of the molecule is CCNC(=O)[C@H](CC)N(Cc1ccccc1)C(=O)CN(c1ccc(F)cc1)S(=O)(=O)c1ccc(OCC)cc1. The summed E-state index contributed by atoms with van der Waals surface area (Å²) >= 11 is 0. The number of likely N-dealkylation sites (N-methyl/N-ethyl adjacent to an activating group) is 1. The molecule has 0 unspecified atom stereocenters. The zero-order valence-corrected chi connectivity index (χ0v) is 23.2. The van der Waals surface area contributed by atoms with Crippen molar-refractivity contribution in [2.45, 2.75) is 44.7 Å². The van der Waals surface area contributed by atoms with E-state index in [0.717, 1.165) is 22.0 Å². The molecule has 0 saturated heterocycles. The Labute approximate surface area is 229 Å². The Morgan fingerprint density at radius 3 is 2.13 bits per heavy atom. The summed E-state index contributed by atoms with van der Waals surface area (Å²) in [5, 5.41) is 2.76.